The summed E-state index contributed by atoms with van der Waals surface area (Å²) in [5, 5.41) is 0. The standard InChI is InChI=1S/C22H19N/c1-18(20-12-6-3-7-13-20)23-22-15-9-8-14-21(22)17-16-19-10-4-2-5-11-19/h2-17H,1H3/b17-16+,23-18?. The van der Waals surface area contributed by atoms with Crippen LogP contribution in [0.25, 0.3) is 12.2 Å². The number of nitrogens with zero attached hydrogens (tertiary/aromatic N) is 1. The van der Waals surface area contributed by atoms with E-state index < -0.39 is 0 Å². The highest BCUT2D eigenvalue weighted by Gasteiger charge is 2.00. The lowest BCUT2D eigenvalue weighted by Crippen LogP contribution is -1.93. The highest BCUT2D eigenvalue weighted by molar-refractivity contribution is 6.00. The fourth-order valence-corrected chi connectivity index (χ4v) is 2.41. The Balaban J connectivity index is 1.91. The maximum absolute atomic E-state index is 4.81. The molecule has 3 aromatic carbocycles. The van der Waals surface area contributed by atoms with Crippen molar-refractivity contribution in [1.29, 1.82) is 0 Å². The molecule has 0 saturated carbocycles. The molecule has 23 heavy (non-hydrogen) atoms. The Bertz CT molecular complexity index is 815. The Kier molecular flexibility index (Phi) is 4.80. The van der Waals surface area contributed by atoms with Crippen molar-refractivity contribution in [2.45, 2.75) is 6.92 Å². The van der Waals surface area contributed by atoms with Crippen molar-refractivity contribution in [1.82, 2.24) is 0 Å². The van der Waals surface area contributed by atoms with Gasteiger partial charge in [-0.05, 0) is 24.1 Å². The summed E-state index contributed by atoms with van der Waals surface area (Å²) < 4.78 is 0. The van der Waals surface area contributed by atoms with Crippen molar-refractivity contribution < 1.29 is 0 Å². The van der Waals surface area contributed by atoms with E-state index in [9.17, 15) is 0 Å². The second-order valence-electron chi connectivity index (χ2n) is 5.37. The van der Waals surface area contributed by atoms with Gasteiger partial charge in [0.2, 0.25) is 0 Å². The number of rotatable bonds is 4. The third kappa shape index (κ3) is 4.04. The molecule has 0 fully saturated rings. The normalized spacial score (nSPS) is 11.8. The van der Waals surface area contributed by atoms with Crippen LogP contribution < -0.4 is 0 Å². The maximum atomic E-state index is 4.81. The molecule has 0 unspecified atom stereocenters. The van der Waals surface area contributed by atoms with Crippen LogP contribution in [0.3, 0.4) is 0 Å². The summed E-state index contributed by atoms with van der Waals surface area (Å²) >= 11 is 0. The van der Waals surface area contributed by atoms with Crippen LogP contribution in [0.5, 0.6) is 0 Å². The number of hydrogen-bond acceptors (Lipinski definition) is 1. The van der Waals surface area contributed by atoms with Crippen LogP contribution in [0, 0.1) is 0 Å². The first-order valence-corrected chi connectivity index (χ1v) is 7.76. The van der Waals surface area contributed by atoms with Gasteiger partial charge in [0.25, 0.3) is 0 Å². The molecule has 112 valence electrons. The first-order valence-electron chi connectivity index (χ1n) is 7.76. The number of para-hydroxylation sites is 1. The molecule has 0 amide bonds. The van der Waals surface area contributed by atoms with Crippen LogP contribution in [-0.2, 0) is 0 Å². The van der Waals surface area contributed by atoms with Gasteiger partial charge in [-0.15, -0.1) is 0 Å². The van der Waals surface area contributed by atoms with Gasteiger partial charge >= 0.3 is 0 Å². The third-order valence-electron chi connectivity index (χ3n) is 3.67. The summed E-state index contributed by atoms with van der Waals surface area (Å²) in [7, 11) is 0. The fourth-order valence-electron chi connectivity index (χ4n) is 2.41. The van der Waals surface area contributed by atoms with Crippen LogP contribution in [0.15, 0.2) is 89.9 Å². The molecule has 0 heterocycles. The van der Waals surface area contributed by atoms with E-state index in [0.717, 1.165) is 22.5 Å². The average Bonchev–Trinajstić information content (AvgIpc) is 2.62. The van der Waals surface area contributed by atoms with E-state index in [1.807, 2.05) is 55.5 Å². The molecule has 0 aliphatic rings. The quantitative estimate of drug-likeness (QED) is 0.414. The topological polar surface area (TPSA) is 12.4 Å². The number of hydrogen-bond donors (Lipinski definition) is 0. The van der Waals surface area contributed by atoms with E-state index in [2.05, 4.69) is 48.6 Å². The van der Waals surface area contributed by atoms with Gasteiger partial charge in [-0.1, -0.05) is 91.0 Å². The summed E-state index contributed by atoms with van der Waals surface area (Å²) in [5.74, 6) is 0. The number of aliphatic imine (C=N–C) groups is 1. The average molecular weight is 297 g/mol. The Morgan fingerprint density at radius 1 is 0.696 bits per heavy atom. The van der Waals surface area contributed by atoms with Crippen LogP contribution in [0.4, 0.5) is 5.69 Å². The van der Waals surface area contributed by atoms with Gasteiger partial charge in [0.1, 0.15) is 0 Å². The molecule has 0 N–H and O–H groups in total. The van der Waals surface area contributed by atoms with E-state index in [1.54, 1.807) is 0 Å². The molecule has 0 saturated heterocycles. The molecule has 0 spiro atoms. The zero-order valence-electron chi connectivity index (χ0n) is 13.2. The second kappa shape index (κ2) is 7.37. The van der Waals surface area contributed by atoms with Gasteiger partial charge < -0.3 is 0 Å². The van der Waals surface area contributed by atoms with E-state index in [4.69, 9.17) is 4.99 Å². The molecule has 3 rings (SSSR count). The lowest BCUT2D eigenvalue weighted by molar-refractivity contribution is 1.46. The SMILES string of the molecule is CC(=Nc1ccccc1/C=C/c1ccccc1)c1ccccc1. The summed E-state index contributed by atoms with van der Waals surface area (Å²) in [6.07, 6.45) is 4.23. The van der Waals surface area contributed by atoms with Gasteiger partial charge in [0.15, 0.2) is 0 Å². The molecular formula is C22H19N. The molecule has 0 atom stereocenters. The zero-order chi connectivity index (χ0) is 15.9. The van der Waals surface area contributed by atoms with E-state index in [1.165, 1.54) is 5.56 Å². The highest BCUT2D eigenvalue weighted by Crippen LogP contribution is 2.22. The molecule has 0 bridgehead atoms. The summed E-state index contributed by atoms with van der Waals surface area (Å²) in [6.45, 7) is 2.05. The van der Waals surface area contributed by atoms with E-state index >= 15 is 0 Å². The molecule has 0 aromatic heterocycles. The second-order valence-corrected chi connectivity index (χ2v) is 5.37. The predicted molar refractivity (Wildman–Crippen MR) is 100 cm³/mol. The van der Waals surface area contributed by atoms with Crippen molar-refractivity contribution in [2.75, 3.05) is 0 Å². The zero-order valence-corrected chi connectivity index (χ0v) is 13.2. The van der Waals surface area contributed by atoms with E-state index in [-0.39, 0.29) is 0 Å². The van der Waals surface area contributed by atoms with Gasteiger partial charge in [0, 0.05) is 11.3 Å². The van der Waals surface area contributed by atoms with Crippen LogP contribution in [0.2, 0.25) is 0 Å². The minimum atomic E-state index is 0.987. The molecule has 3 aromatic rings. The fraction of sp³-hybridized carbons (Fsp3) is 0.0455. The van der Waals surface area contributed by atoms with E-state index in [0.29, 0.717) is 0 Å². The largest absolute Gasteiger partial charge is 0.253 e. The van der Waals surface area contributed by atoms with Crippen molar-refractivity contribution in [3.8, 4) is 0 Å². The van der Waals surface area contributed by atoms with Gasteiger partial charge in [-0.25, -0.2) is 0 Å². The first-order chi connectivity index (χ1) is 11.3. The third-order valence-corrected chi connectivity index (χ3v) is 3.67. The van der Waals surface area contributed by atoms with Gasteiger partial charge in [-0.2, -0.15) is 0 Å². The summed E-state index contributed by atoms with van der Waals surface area (Å²) in [4.78, 5) is 4.81. The van der Waals surface area contributed by atoms with Crippen molar-refractivity contribution in [3.05, 3.63) is 102 Å². The van der Waals surface area contributed by atoms with Gasteiger partial charge in [0.05, 0.1) is 5.69 Å². The van der Waals surface area contributed by atoms with Crippen molar-refractivity contribution >= 4 is 23.6 Å². The van der Waals surface area contributed by atoms with Crippen LogP contribution >= 0.6 is 0 Å². The van der Waals surface area contributed by atoms with Gasteiger partial charge in [-0.3, -0.25) is 4.99 Å². The first kappa shape index (κ1) is 15.0. The molecule has 0 aliphatic heterocycles. The van der Waals surface area contributed by atoms with Crippen LogP contribution in [0.1, 0.15) is 23.6 Å². The Hall–Kier alpha value is -2.93. The van der Waals surface area contributed by atoms with Crippen LogP contribution in [-0.4, -0.2) is 5.71 Å². The smallest absolute Gasteiger partial charge is 0.0705 e. The highest BCUT2D eigenvalue weighted by atomic mass is 14.7. The minimum absolute atomic E-state index is 0.987. The minimum Gasteiger partial charge on any atom is -0.253 e. The van der Waals surface area contributed by atoms with Crippen molar-refractivity contribution in [2.24, 2.45) is 4.99 Å². The van der Waals surface area contributed by atoms with Crippen molar-refractivity contribution in [3.63, 3.8) is 0 Å². The summed E-state index contributed by atoms with van der Waals surface area (Å²) in [6, 6.07) is 28.8. The Morgan fingerprint density at radius 3 is 2.04 bits per heavy atom. The molecule has 1 nitrogen and oxygen atoms in total. The Morgan fingerprint density at radius 2 is 1.30 bits per heavy atom. The molecule has 1 heteroatoms. The molecular weight excluding hydrogens is 278 g/mol. The predicted octanol–water partition coefficient (Wildman–Crippen LogP) is 6.00. The lowest BCUT2D eigenvalue weighted by atomic mass is 10.1. The lowest BCUT2D eigenvalue weighted by Gasteiger charge is -2.04. The Labute approximate surface area is 137 Å². The molecule has 0 radical (unpaired) electrons. The monoisotopic (exact) mass is 297 g/mol. The molecule has 0 aliphatic carbocycles. The maximum Gasteiger partial charge on any atom is 0.0705 e. The number of benzene rings is 3. The summed E-state index contributed by atoms with van der Waals surface area (Å²) in [5.41, 5.74) is 5.46.